The molecule has 2 heterocycles. The summed E-state index contributed by atoms with van der Waals surface area (Å²) in [4.78, 5) is 18.8. The summed E-state index contributed by atoms with van der Waals surface area (Å²) >= 11 is 3.05. The molecule has 0 N–H and O–H groups in total. The van der Waals surface area contributed by atoms with Gasteiger partial charge >= 0.3 is 0 Å². The maximum Gasteiger partial charge on any atom is 0.230 e. The zero-order valence-electron chi connectivity index (χ0n) is 18.8. The number of aryl methyl sites for hydroxylation is 3. The molecule has 0 spiro atoms. The largest absolute Gasteiger partial charge is 0.305 e. The van der Waals surface area contributed by atoms with Crippen molar-refractivity contribution in [1.29, 1.82) is 0 Å². The van der Waals surface area contributed by atoms with Crippen molar-refractivity contribution in [3.8, 4) is 11.4 Å². The highest BCUT2D eigenvalue weighted by molar-refractivity contribution is 7.98. The van der Waals surface area contributed by atoms with Gasteiger partial charge < -0.3 is 4.57 Å². The molecule has 0 aliphatic heterocycles. The molecule has 2 aromatic heterocycles. The van der Waals surface area contributed by atoms with Crippen LogP contribution in [0.1, 0.15) is 29.3 Å². The number of benzene rings is 2. The van der Waals surface area contributed by atoms with Gasteiger partial charge in [-0.25, -0.2) is 4.98 Å². The molecule has 0 aliphatic rings. The van der Waals surface area contributed by atoms with Crippen molar-refractivity contribution in [2.24, 2.45) is 7.05 Å². The number of amides is 1. The lowest BCUT2D eigenvalue weighted by Crippen LogP contribution is -2.22. The summed E-state index contributed by atoms with van der Waals surface area (Å²) in [6, 6.07) is 14.3. The van der Waals surface area contributed by atoms with Gasteiger partial charge in [0.05, 0.1) is 11.4 Å². The van der Waals surface area contributed by atoms with Gasteiger partial charge in [0, 0.05) is 30.7 Å². The third-order valence-corrected chi connectivity index (χ3v) is 7.22. The number of thioether (sulfide) groups is 1. The molecule has 0 atom stereocenters. The van der Waals surface area contributed by atoms with E-state index in [0.29, 0.717) is 10.9 Å². The fraction of sp³-hybridized carbons (Fsp3) is 0.250. The molecule has 0 unspecified atom stereocenters. The van der Waals surface area contributed by atoms with Crippen LogP contribution in [-0.2, 0) is 17.6 Å². The van der Waals surface area contributed by atoms with Gasteiger partial charge in [-0.2, -0.15) is 0 Å². The average Bonchev–Trinajstić information content (AvgIpc) is 3.36. The monoisotopic (exact) mass is 463 g/mol. The van der Waals surface area contributed by atoms with Gasteiger partial charge in [0.25, 0.3) is 0 Å². The fourth-order valence-corrected chi connectivity index (χ4v) is 5.09. The number of aromatic nitrogens is 4. The van der Waals surface area contributed by atoms with E-state index in [9.17, 15) is 4.79 Å². The highest BCUT2D eigenvalue weighted by atomic mass is 32.2. The van der Waals surface area contributed by atoms with Crippen LogP contribution in [0.15, 0.2) is 53.0 Å². The molecule has 0 aliphatic carbocycles. The smallest absolute Gasteiger partial charge is 0.230 e. The first-order valence-corrected chi connectivity index (χ1v) is 12.1. The topological polar surface area (TPSA) is 63.9 Å². The van der Waals surface area contributed by atoms with E-state index in [4.69, 9.17) is 4.98 Å². The standard InChI is InChI=1S/C24H25N5OS2/c1-15-6-9-19(10-7-15)22-26-27-24(28(22)5)32-14-20-13-31-23(25-20)29(18(4)30)21-11-8-16(2)17(3)12-21/h6-13H,14H2,1-5H3. The molecular weight excluding hydrogens is 438 g/mol. The van der Waals surface area contributed by atoms with Crippen LogP contribution in [0, 0.1) is 20.8 Å². The molecule has 4 aromatic rings. The Morgan fingerprint density at radius 3 is 2.50 bits per heavy atom. The van der Waals surface area contributed by atoms with Crippen LogP contribution in [0.25, 0.3) is 11.4 Å². The van der Waals surface area contributed by atoms with Gasteiger partial charge in [-0.15, -0.1) is 21.5 Å². The molecule has 32 heavy (non-hydrogen) atoms. The highest BCUT2D eigenvalue weighted by Crippen LogP contribution is 2.32. The Hall–Kier alpha value is -2.97. The molecule has 2 aromatic carbocycles. The number of hydrogen-bond acceptors (Lipinski definition) is 6. The van der Waals surface area contributed by atoms with E-state index in [2.05, 4.69) is 48.3 Å². The second-order valence-corrected chi connectivity index (χ2v) is 9.54. The van der Waals surface area contributed by atoms with E-state index in [1.54, 1.807) is 23.6 Å². The number of hydrogen-bond donors (Lipinski definition) is 0. The van der Waals surface area contributed by atoms with E-state index in [1.807, 2.05) is 42.1 Å². The summed E-state index contributed by atoms with van der Waals surface area (Å²) in [7, 11) is 1.97. The average molecular weight is 464 g/mol. The zero-order valence-corrected chi connectivity index (χ0v) is 20.4. The van der Waals surface area contributed by atoms with Gasteiger partial charge in [0.1, 0.15) is 0 Å². The van der Waals surface area contributed by atoms with Crippen LogP contribution in [0.5, 0.6) is 0 Å². The lowest BCUT2D eigenvalue weighted by molar-refractivity contribution is -0.115. The maximum absolute atomic E-state index is 12.4. The van der Waals surface area contributed by atoms with Gasteiger partial charge in [-0.05, 0) is 44.0 Å². The molecule has 4 rings (SSSR count). The second-order valence-electron chi connectivity index (χ2n) is 7.76. The normalized spacial score (nSPS) is 11.0. The lowest BCUT2D eigenvalue weighted by atomic mass is 10.1. The number of anilines is 2. The third-order valence-electron chi connectivity index (χ3n) is 5.29. The quantitative estimate of drug-likeness (QED) is 0.336. The van der Waals surface area contributed by atoms with Crippen LogP contribution in [0.4, 0.5) is 10.8 Å². The van der Waals surface area contributed by atoms with Crippen molar-refractivity contribution >= 4 is 39.8 Å². The molecule has 8 heteroatoms. The number of nitrogens with zero attached hydrogens (tertiary/aromatic N) is 5. The third kappa shape index (κ3) is 4.61. The Morgan fingerprint density at radius 2 is 1.81 bits per heavy atom. The molecule has 6 nitrogen and oxygen atoms in total. The van der Waals surface area contributed by atoms with Crippen molar-refractivity contribution in [3.63, 3.8) is 0 Å². The Morgan fingerprint density at radius 1 is 1.06 bits per heavy atom. The molecular formula is C24H25N5OS2. The second kappa shape index (κ2) is 9.26. The van der Waals surface area contributed by atoms with E-state index in [-0.39, 0.29) is 5.91 Å². The predicted octanol–water partition coefficient (Wildman–Crippen LogP) is 5.84. The van der Waals surface area contributed by atoms with Gasteiger partial charge in [-0.1, -0.05) is 47.7 Å². The van der Waals surface area contributed by atoms with Crippen LogP contribution in [-0.4, -0.2) is 25.7 Å². The van der Waals surface area contributed by atoms with Crippen molar-refractivity contribution < 1.29 is 4.79 Å². The van der Waals surface area contributed by atoms with Crippen LogP contribution >= 0.6 is 23.1 Å². The number of rotatable bonds is 6. The van der Waals surface area contributed by atoms with Crippen LogP contribution in [0.3, 0.4) is 0 Å². The predicted molar refractivity (Wildman–Crippen MR) is 132 cm³/mol. The summed E-state index contributed by atoms with van der Waals surface area (Å²) < 4.78 is 2.00. The minimum absolute atomic E-state index is 0.0575. The summed E-state index contributed by atoms with van der Waals surface area (Å²) in [6.45, 7) is 7.74. The van der Waals surface area contributed by atoms with E-state index >= 15 is 0 Å². The van der Waals surface area contributed by atoms with Gasteiger partial charge in [0.15, 0.2) is 16.1 Å². The van der Waals surface area contributed by atoms with Crippen LogP contribution in [0.2, 0.25) is 0 Å². The minimum atomic E-state index is -0.0575. The first-order valence-electron chi connectivity index (χ1n) is 10.2. The summed E-state index contributed by atoms with van der Waals surface area (Å²) in [6.07, 6.45) is 0. The Balaban J connectivity index is 1.50. The summed E-state index contributed by atoms with van der Waals surface area (Å²) in [5.74, 6) is 1.43. The maximum atomic E-state index is 12.4. The van der Waals surface area contributed by atoms with Crippen molar-refractivity contribution in [3.05, 3.63) is 70.2 Å². The van der Waals surface area contributed by atoms with E-state index in [1.165, 1.54) is 22.5 Å². The summed E-state index contributed by atoms with van der Waals surface area (Å²) in [5.41, 5.74) is 6.34. The molecule has 0 bridgehead atoms. The van der Waals surface area contributed by atoms with Crippen LogP contribution < -0.4 is 4.90 Å². The summed E-state index contributed by atoms with van der Waals surface area (Å²) in [5, 5.41) is 12.2. The van der Waals surface area contributed by atoms with Crippen molar-refractivity contribution in [2.75, 3.05) is 4.90 Å². The molecule has 0 fully saturated rings. The Kier molecular flexibility index (Phi) is 6.43. The molecule has 1 amide bonds. The Bertz CT molecular complexity index is 1260. The van der Waals surface area contributed by atoms with Crippen molar-refractivity contribution in [2.45, 2.75) is 38.6 Å². The van der Waals surface area contributed by atoms with Crippen molar-refractivity contribution in [1.82, 2.24) is 19.7 Å². The highest BCUT2D eigenvalue weighted by Gasteiger charge is 2.19. The molecule has 164 valence electrons. The fourth-order valence-electron chi connectivity index (χ4n) is 3.29. The first kappa shape index (κ1) is 22.2. The first-order chi connectivity index (χ1) is 15.3. The zero-order chi connectivity index (χ0) is 22.8. The molecule has 0 saturated heterocycles. The number of carbonyl (C=O) groups is 1. The van der Waals surface area contributed by atoms with Gasteiger partial charge in [-0.3, -0.25) is 9.69 Å². The molecule has 0 radical (unpaired) electrons. The van der Waals surface area contributed by atoms with Gasteiger partial charge in [0.2, 0.25) is 5.91 Å². The minimum Gasteiger partial charge on any atom is -0.305 e. The number of thiazole rings is 1. The lowest BCUT2D eigenvalue weighted by Gasteiger charge is -2.19. The van der Waals surface area contributed by atoms with E-state index < -0.39 is 0 Å². The Labute approximate surface area is 196 Å². The SMILES string of the molecule is CC(=O)N(c1ccc(C)c(C)c1)c1nc(CSc2nnc(-c3ccc(C)cc3)n2C)cs1. The molecule has 0 saturated carbocycles. The number of carbonyl (C=O) groups excluding carboxylic acids is 1. The van der Waals surface area contributed by atoms with E-state index in [0.717, 1.165) is 33.5 Å².